The minimum absolute atomic E-state index is 0. The SMILES string of the molecule is CCCCCCCCCCCC[P+](C)(CCOC(=O)Oc1ccc(S(=O)(=O)O)cc1)CCOC(=O)Oc1ccc(S(=O)(=O)O)cc1.[Cl-].[Na].[Na]. The first-order valence-electron chi connectivity index (χ1n) is 15.4. The molecule has 12 nitrogen and oxygen atoms in total. The Morgan fingerprint density at radius 3 is 1.24 bits per heavy atom. The maximum Gasteiger partial charge on any atom is 0.513 e. The molecule has 2 aromatic carbocycles. The van der Waals surface area contributed by atoms with Gasteiger partial charge in [-0.15, -0.1) is 0 Å². The fourth-order valence-corrected chi connectivity index (χ4v) is 8.31. The van der Waals surface area contributed by atoms with E-state index in [0.29, 0.717) is 12.3 Å². The van der Waals surface area contributed by atoms with Crippen molar-refractivity contribution >= 4 is 98.9 Å². The molecule has 0 aliphatic rings. The van der Waals surface area contributed by atoms with E-state index in [1.807, 2.05) is 0 Å². The number of hydrogen-bond acceptors (Lipinski definition) is 10. The molecule has 2 rings (SSSR count). The molecule has 0 bridgehead atoms. The standard InChI is InChI=1S/C31H45O12PS2.ClH.2Na/c1-3-4-5-6-7-8-9-10-11-12-23-44(2,24-21-40-30(32)42-26-13-17-28(18-14-26)45(34,35)36)25-22-41-31(33)43-27-15-19-29(20-16-27)46(37,38)39;;;/h13-20H,3-12,21-25H2,1-2H3,(H-,34,35,36,37,38,39);1H;;. The number of ether oxygens (including phenoxy) is 4. The Hall–Kier alpha value is -0.480. The average Bonchev–Trinajstić information content (AvgIpc) is 2.98. The molecule has 0 atom stereocenters. The number of hydrogen-bond donors (Lipinski definition) is 2. The van der Waals surface area contributed by atoms with Gasteiger partial charge in [-0.05, 0) is 61.4 Å². The molecule has 0 amide bonds. The first-order chi connectivity index (χ1) is 21.7. The van der Waals surface area contributed by atoms with Gasteiger partial charge in [-0.25, -0.2) is 9.59 Å². The van der Waals surface area contributed by atoms with Crippen LogP contribution in [0.1, 0.15) is 71.1 Å². The van der Waals surface area contributed by atoms with Crippen LogP contribution in [-0.2, 0) is 29.7 Å². The van der Waals surface area contributed by atoms with Crippen LogP contribution in [0.5, 0.6) is 11.5 Å². The van der Waals surface area contributed by atoms with Gasteiger partial charge < -0.3 is 31.4 Å². The van der Waals surface area contributed by atoms with E-state index in [9.17, 15) is 26.4 Å². The van der Waals surface area contributed by atoms with Crippen molar-refractivity contribution in [2.75, 3.05) is 38.4 Å². The maximum absolute atomic E-state index is 12.2. The molecule has 0 saturated carbocycles. The molecule has 2 aromatic rings. The van der Waals surface area contributed by atoms with Gasteiger partial charge >= 0.3 is 12.3 Å². The second-order valence-electron chi connectivity index (χ2n) is 11.3. The number of carbonyl (C=O) groups excluding carboxylic acids is 2. The van der Waals surface area contributed by atoms with Crippen LogP contribution in [0.3, 0.4) is 0 Å². The summed E-state index contributed by atoms with van der Waals surface area (Å²) < 4.78 is 83.7. The van der Waals surface area contributed by atoms with Crippen molar-refractivity contribution in [3.05, 3.63) is 48.5 Å². The van der Waals surface area contributed by atoms with Gasteiger partial charge in [0.2, 0.25) is 0 Å². The van der Waals surface area contributed by atoms with Crippen LogP contribution in [0.25, 0.3) is 0 Å². The Bertz CT molecular complexity index is 1350. The molecule has 0 aromatic heterocycles. The predicted molar refractivity (Wildman–Crippen MR) is 187 cm³/mol. The maximum atomic E-state index is 12.2. The number of halogens is 1. The summed E-state index contributed by atoms with van der Waals surface area (Å²) in [5, 5.41) is 0. The second-order valence-corrected chi connectivity index (χ2v) is 18.7. The topological polar surface area (TPSA) is 180 Å². The minimum Gasteiger partial charge on any atom is -1.00 e. The normalized spacial score (nSPS) is 11.3. The fourth-order valence-electron chi connectivity index (χ4n) is 4.63. The van der Waals surface area contributed by atoms with E-state index in [0.717, 1.165) is 49.7 Å². The van der Waals surface area contributed by atoms with E-state index in [2.05, 4.69) is 13.6 Å². The van der Waals surface area contributed by atoms with Crippen LogP contribution in [0.4, 0.5) is 9.59 Å². The van der Waals surface area contributed by atoms with Crippen molar-refractivity contribution in [1.82, 2.24) is 0 Å². The largest absolute Gasteiger partial charge is 1.00 e. The van der Waals surface area contributed by atoms with Crippen molar-refractivity contribution in [2.45, 2.75) is 80.9 Å². The van der Waals surface area contributed by atoms with Gasteiger partial charge in [0.15, 0.2) is 0 Å². The van der Waals surface area contributed by atoms with E-state index in [1.165, 1.54) is 69.2 Å². The van der Waals surface area contributed by atoms with E-state index in [4.69, 9.17) is 28.1 Å². The molecule has 268 valence electrons. The monoisotopic (exact) mass is 786 g/mol. The predicted octanol–water partition coefficient (Wildman–Crippen LogP) is 3.72. The van der Waals surface area contributed by atoms with Gasteiger partial charge in [0.1, 0.15) is 24.7 Å². The third kappa shape index (κ3) is 22.3. The quantitative estimate of drug-likeness (QED) is 0.0469. The molecule has 18 heteroatoms. The Kier molecular flexibility index (Phi) is 27.2. The molecule has 0 saturated heterocycles. The Labute approximate surface area is 342 Å². The third-order valence-electron chi connectivity index (χ3n) is 7.40. The summed E-state index contributed by atoms with van der Waals surface area (Å²) in [6.07, 6.45) is 12.2. The van der Waals surface area contributed by atoms with Crippen molar-refractivity contribution in [1.29, 1.82) is 0 Å². The van der Waals surface area contributed by atoms with Gasteiger partial charge in [-0.1, -0.05) is 58.3 Å². The molecule has 0 unspecified atom stereocenters. The summed E-state index contributed by atoms with van der Waals surface area (Å²) in [4.78, 5) is 23.8. The molecule has 0 spiro atoms. The van der Waals surface area contributed by atoms with Crippen molar-refractivity contribution in [3.8, 4) is 11.5 Å². The molecular formula is C31H46ClNa2O12PS2. The zero-order valence-corrected chi connectivity index (χ0v) is 36.1. The molecule has 0 heterocycles. The van der Waals surface area contributed by atoms with E-state index in [1.54, 1.807) is 0 Å². The Morgan fingerprint density at radius 1 is 0.592 bits per heavy atom. The van der Waals surface area contributed by atoms with Crippen LogP contribution in [-0.4, -0.2) is 136 Å². The minimum atomic E-state index is -4.37. The summed E-state index contributed by atoms with van der Waals surface area (Å²) in [5.74, 6) is 0.111. The number of benzene rings is 2. The van der Waals surface area contributed by atoms with Gasteiger partial charge in [-0.2, -0.15) is 16.8 Å². The second kappa shape index (κ2) is 26.3. The van der Waals surface area contributed by atoms with Gasteiger partial charge in [0.05, 0.1) is 28.3 Å². The molecular weight excluding hydrogens is 741 g/mol. The van der Waals surface area contributed by atoms with Crippen molar-refractivity contribution in [2.24, 2.45) is 0 Å². The van der Waals surface area contributed by atoms with E-state index in [-0.39, 0.29) is 106 Å². The molecule has 2 N–H and O–H groups in total. The zero-order valence-electron chi connectivity index (χ0n) is 28.8. The van der Waals surface area contributed by atoms with E-state index >= 15 is 0 Å². The van der Waals surface area contributed by atoms with Crippen LogP contribution >= 0.6 is 7.26 Å². The van der Waals surface area contributed by atoms with Crippen LogP contribution in [0, 0.1) is 0 Å². The first-order valence-corrected chi connectivity index (χ1v) is 21.1. The Balaban J connectivity index is 0. The molecule has 0 aliphatic heterocycles. The number of rotatable bonds is 21. The van der Waals surface area contributed by atoms with Crippen molar-refractivity contribution in [3.63, 3.8) is 0 Å². The summed E-state index contributed by atoms with van der Waals surface area (Å²) >= 11 is 0. The average molecular weight is 787 g/mol. The first kappa shape index (κ1) is 50.6. The summed E-state index contributed by atoms with van der Waals surface area (Å²) in [6.45, 7) is 4.50. The number of carbonyl (C=O) groups is 2. The van der Waals surface area contributed by atoms with Crippen LogP contribution in [0.2, 0.25) is 0 Å². The van der Waals surface area contributed by atoms with Crippen LogP contribution < -0.4 is 21.9 Å². The van der Waals surface area contributed by atoms with Gasteiger partial charge in [-0.3, -0.25) is 9.11 Å². The molecule has 0 aliphatic carbocycles. The third-order valence-corrected chi connectivity index (χ3v) is 13.1. The Morgan fingerprint density at radius 2 is 0.918 bits per heavy atom. The zero-order chi connectivity index (χ0) is 34.1. The van der Waals surface area contributed by atoms with Crippen LogP contribution in [0.15, 0.2) is 58.3 Å². The fraction of sp³-hybridized carbons (Fsp3) is 0.548. The summed E-state index contributed by atoms with van der Waals surface area (Å²) in [6, 6.07) is 9.33. The molecule has 2 radical (unpaired) electrons. The van der Waals surface area contributed by atoms with Crippen molar-refractivity contribution < 1.29 is 66.9 Å². The van der Waals surface area contributed by atoms with Gasteiger partial charge in [0, 0.05) is 73.0 Å². The smallest absolute Gasteiger partial charge is 0.513 e. The summed E-state index contributed by atoms with van der Waals surface area (Å²) in [5.41, 5.74) is 0. The molecule has 49 heavy (non-hydrogen) atoms. The summed E-state index contributed by atoms with van der Waals surface area (Å²) in [7, 11) is -10.5. The van der Waals surface area contributed by atoms with Gasteiger partial charge in [0.25, 0.3) is 20.2 Å². The number of unbranched alkanes of at least 4 members (excludes halogenated alkanes) is 9. The molecule has 0 fully saturated rings. The van der Waals surface area contributed by atoms with E-state index < -0.39 is 39.8 Å².